The van der Waals surface area contributed by atoms with Gasteiger partial charge in [0.25, 0.3) is 0 Å². The van der Waals surface area contributed by atoms with E-state index in [9.17, 15) is 14.4 Å². The summed E-state index contributed by atoms with van der Waals surface area (Å²) >= 11 is 0. The maximum absolute atomic E-state index is 13.8. The third-order valence-corrected chi connectivity index (χ3v) is 8.55. The van der Waals surface area contributed by atoms with Crippen LogP contribution in [0.3, 0.4) is 0 Å². The lowest BCUT2D eigenvalue weighted by Crippen LogP contribution is -2.47. The number of methoxy groups -OCH3 is 1. The minimum Gasteiger partial charge on any atom is -0.469 e. The van der Waals surface area contributed by atoms with E-state index in [4.69, 9.17) is 19.9 Å². The maximum atomic E-state index is 13.8. The summed E-state index contributed by atoms with van der Waals surface area (Å²) in [5.74, 6) is -0.114. The molecule has 0 unspecified atom stereocenters. The molecule has 1 aliphatic heterocycles. The Morgan fingerprint density at radius 3 is 2.47 bits per heavy atom. The topological polar surface area (TPSA) is 158 Å². The number of carbonyl (C=O) groups is 2. The van der Waals surface area contributed by atoms with Gasteiger partial charge in [-0.3, -0.25) is 19.1 Å². The highest BCUT2D eigenvalue weighted by Gasteiger charge is 2.26. The number of rotatable bonds is 16. The van der Waals surface area contributed by atoms with Crippen LogP contribution < -0.4 is 21.1 Å². The van der Waals surface area contributed by atoms with Crippen LogP contribution in [-0.2, 0) is 33.8 Å². The summed E-state index contributed by atoms with van der Waals surface area (Å²) < 4.78 is 17.9. The molecule has 2 aromatic heterocycles. The number of benzene rings is 2. The first kappa shape index (κ1) is 35.6. The van der Waals surface area contributed by atoms with E-state index in [0.717, 1.165) is 29.7 Å². The van der Waals surface area contributed by atoms with Crippen LogP contribution in [0.1, 0.15) is 61.5 Å². The summed E-state index contributed by atoms with van der Waals surface area (Å²) in [6.45, 7) is 9.62. The van der Waals surface area contributed by atoms with Crippen LogP contribution >= 0.6 is 0 Å². The summed E-state index contributed by atoms with van der Waals surface area (Å²) in [5.41, 5.74) is 9.90. The number of carbonyl (C=O) groups excluding carboxylic acids is 2. The molecule has 1 aliphatic rings. The molecule has 49 heavy (non-hydrogen) atoms. The Balaban J connectivity index is 1.39. The molecule has 2 aromatic carbocycles. The number of aromatic amines is 1. The minimum atomic E-state index is -0.334. The molecule has 2 atom stereocenters. The zero-order valence-corrected chi connectivity index (χ0v) is 28.8. The Kier molecular flexibility index (Phi) is 12.0. The summed E-state index contributed by atoms with van der Waals surface area (Å²) in [6, 6.07) is 15.6. The average Bonchev–Trinajstić information content (AvgIpc) is 3.39. The Bertz CT molecular complexity index is 1780. The van der Waals surface area contributed by atoms with Gasteiger partial charge in [0, 0.05) is 44.0 Å². The largest absolute Gasteiger partial charge is 0.469 e. The number of hydrogen-bond acceptors (Lipinski definition) is 11. The molecule has 3 heterocycles. The van der Waals surface area contributed by atoms with Crippen molar-refractivity contribution >= 4 is 34.4 Å². The summed E-state index contributed by atoms with van der Waals surface area (Å²) in [5, 5.41) is 0. The summed E-state index contributed by atoms with van der Waals surface area (Å²) in [7, 11) is 1.38. The van der Waals surface area contributed by atoms with E-state index in [1.807, 2.05) is 62.4 Å². The van der Waals surface area contributed by atoms with Crippen molar-refractivity contribution in [1.82, 2.24) is 24.4 Å². The van der Waals surface area contributed by atoms with Gasteiger partial charge < -0.3 is 29.8 Å². The van der Waals surface area contributed by atoms with Crippen molar-refractivity contribution in [3.05, 3.63) is 75.7 Å². The van der Waals surface area contributed by atoms with E-state index in [-0.39, 0.29) is 47.9 Å². The molecular weight excluding hydrogens is 626 g/mol. The Morgan fingerprint density at radius 2 is 1.76 bits per heavy atom. The zero-order valence-electron chi connectivity index (χ0n) is 28.8. The van der Waals surface area contributed by atoms with Crippen LogP contribution in [0.25, 0.3) is 11.2 Å². The molecule has 3 N–H and O–H groups in total. The number of morpholine rings is 1. The Labute approximate surface area is 286 Å². The first-order chi connectivity index (χ1) is 23.6. The summed E-state index contributed by atoms with van der Waals surface area (Å²) in [4.78, 5) is 54.5. The van der Waals surface area contributed by atoms with Gasteiger partial charge in [0.2, 0.25) is 0 Å². The Hall–Kier alpha value is -4.75. The normalized spacial score (nSPS) is 16.5. The smallest absolute Gasteiger partial charge is 0.327 e. The molecule has 262 valence electrons. The number of ether oxygens (including phenoxy) is 3. The van der Waals surface area contributed by atoms with Gasteiger partial charge in [-0.15, -0.1) is 0 Å². The molecule has 0 amide bonds. The molecule has 13 nitrogen and oxygen atoms in total. The van der Waals surface area contributed by atoms with Gasteiger partial charge >= 0.3 is 17.7 Å². The number of fused-ring (bicyclic) bond motifs is 1. The van der Waals surface area contributed by atoms with Gasteiger partial charge in [0.15, 0.2) is 17.2 Å². The average molecular weight is 674 g/mol. The zero-order chi connectivity index (χ0) is 34.9. The highest BCUT2D eigenvalue weighted by molar-refractivity contribution is 6.02. The first-order valence-electron chi connectivity index (χ1n) is 16.9. The maximum Gasteiger partial charge on any atom is 0.327 e. The van der Waals surface area contributed by atoms with Gasteiger partial charge in [0.1, 0.15) is 5.52 Å². The standard InChI is InChI=1S/C36H47N7O6/c1-5-6-18-48-35-39-33(37)32-34(40-35)43(36(46)38-32)17-9-16-42(22-27-14-12-26(13-15-27)19-31(45)47-4)29-11-8-7-10-28(29)30(44)23-41-20-24(2)49-25(3)21-41/h7-8,10-15,24-25H,5-6,9,16-23H2,1-4H3,(H,38,46)(H2,37,39,40)/t24-,25+. The number of para-hydroxylation sites is 1. The van der Waals surface area contributed by atoms with Crippen molar-refractivity contribution in [3.63, 3.8) is 0 Å². The lowest BCUT2D eigenvalue weighted by molar-refractivity contribution is -0.139. The molecule has 13 heteroatoms. The highest BCUT2D eigenvalue weighted by Crippen LogP contribution is 2.25. The molecule has 0 aliphatic carbocycles. The fraction of sp³-hybridized carbons (Fsp3) is 0.472. The number of nitrogens with two attached hydrogens (primary N) is 1. The fourth-order valence-electron chi connectivity index (χ4n) is 6.22. The number of Topliss-reactive ketones (excluding diaryl/α,β-unsaturated/α-hetero) is 1. The van der Waals surface area contributed by atoms with E-state index >= 15 is 0 Å². The lowest BCUT2D eigenvalue weighted by atomic mass is 10.0. The number of nitrogen functional groups attached to an aromatic ring is 1. The van der Waals surface area contributed by atoms with Crippen LogP contribution in [0.5, 0.6) is 6.01 Å². The van der Waals surface area contributed by atoms with Gasteiger partial charge in [0.05, 0.1) is 38.9 Å². The summed E-state index contributed by atoms with van der Waals surface area (Å²) in [6.07, 6.45) is 2.66. The van der Waals surface area contributed by atoms with E-state index in [2.05, 4.69) is 31.7 Å². The molecule has 0 spiro atoms. The number of unbranched alkanes of at least 4 members (excludes halogenated alkanes) is 1. The lowest BCUT2D eigenvalue weighted by Gasteiger charge is -2.35. The number of esters is 1. The first-order valence-corrected chi connectivity index (χ1v) is 16.9. The number of H-pyrrole nitrogens is 1. The third-order valence-electron chi connectivity index (χ3n) is 8.55. The van der Waals surface area contributed by atoms with Crippen LogP contribution in [0.15, 0.2) is 53.3 Å². The van der Waals surface area contributed by atoms with Crippen LogP contribution in [-0.4, -0.2) is 88.3 Å². The molecular formula is C36H47N7O6. The SMILES string of the molecule is CCCCOc1nc(N)c2[nH]c(=O)n(CCCN(Cc3ccc(CC(=O)OC)cc3)c3ccccc3C(=O)CN3C[C@@H](C)O[C@@H](C)C3)c2n1. The number of ketones is 1. The number of nitrogens with zero attached hydrogens (tertiary/aromatic N) is 5. The van der Waals surface area contributed by atoms with E-state index < -0.39 is 0 Å². The number of hydrogen-bond donors (Lipinski definition) is 2. The van der Waals surface area contributed by atoms with Gasteiger partial charge in [-0.25, -0.2) is 4.79 Å². The predicted octanol–water partition coefficient (Wildman–Crippen LogP) is 3.99. The second kappa shape index (κ2) is 16.6. The number of nitrogens with one attached hydrogen (secondary N) is 1. The van der Waals surface area contributed by atoms with Gasteiger partial charge in [-0.1, -0.05) is 49.7 Å². The second-order valence-electron chi connectivity index (χ2n) is 12.6. The Morgan fingerprint density at radius 1 is 1.04 bits per heavy atom. The van der Waals surface area contributed by atoms with Crippen LogP contribution in [0.2, 0.25) is 0 Å². The van der Waals surface area contributed by atoms with Crippen molar-refractivity contribution in [2.24, 2.45) is 0 Å². The van der Waals surface area contributed by atoms with E-state index in [0.29, 0.717) is 69.0 Å². The molecule has 1 saturated heterocycles. The van der Waals surface area contributed by atoms with Crippen LogP contribution in [0.4, 0.5) is 11.5 Å². The van der Waals surface area contributed by atoms with Crippen molar-refractivity contribution in [1.29, 1.82) is 0 Å². The number of aryl methyl sites for hydroxylation is 1. The van der Waals surface area contributed by atoms with Crippen molar-refractivity contribution in [2.75, 3.05) is 50.5 Å². The van der Waals surface area contributed by atoms with Crippen molar-refractivity contribution in [2.45, 2.75) is 71.8 Å². The number of aromatic nitrogens is 4. The molecule has 1 fully saturated rings. The second-order valence-corrected chi connectivity index (χ2v) is 12.6. The quantitative estimate of drug-likeness (QED) is 0.101. The predicted molar refractivity (Wildman–Crippen MR) is 188 cm³/mol. The van der Waals surface area contributed by atoms with Gasteiger partial charge in [-0.05, 0) is 49.9 Å². The van der Waals surface area contributed by atoms with Crippen LogP contribution in [0, 0.1) is 0 Å². The molecule has 0 bridgehead atoms. The third kappa shape index (κ3) is 9.24. The number of imidazole rings is 1. The molecule has 5 rings (SSSR count). The number of anilines is 2. The molecule has 4 aromatic rings. The monoisotopic (exact) mass is 673 g/mol. The molecule has 0 radical (unpaired) electrons. The van der Waals surface area contributed by atoms with E-state index in [1.54, 1.807) is 4.57 Å². The van der Waals surface area contributed by atoms with E-state index in [1.165, 1.54) is 7.11 Å². The highest BCUT2D eigenvalue weighted by atomic mass is 16.5. The van der Waals surface area contributed by atoms with Gasteiger partial charge in [-0.2, -0.15) is 9.97 Å². The molecule has 0 saturated carbocycles. The van der Waals surface area contributed by atoms with Crippen molar-refractivity contribution in [3.8, 4) is 6.01 Å². The van der Waals surface area contributed by atoms with Crippen molar-refractivity contribution < 1.29 is 23.8 Å². The fourth-order valence-corrected chi connectivity index (χ4v) is 6.22. The minimum absolute atomic E-state index is 0.0333.